The van der Waals surface area contributed by atoms with Crippen LogP contribution in [-0.4, -0.2) is 23.2 Å². The monoisotopic (exact) mass is 259 g/mol. The van der Waals surface area contributed by atoms with Crippen LogP contribution < -0.4 is 4.74 Å². The van der Waals surface area contributed by atoms with Crippen molar-refractivity contribution in [2.75, 3.05) is 7.11 Å². The van der Waals surface area contributed by atoms with Gasteiger partial charge in [-0.3, -0.25) is 4.79 Å². The first kappa shape index (κ1) is 13.3. The summed E-state index contributed by atoms with van der Waals surface area (Å²) in [5, 5.41) is 11.1. The summed E-state index contributed by atoms with van der Waals surface area (Å²) in [6, 6.07) is 7.77. The molecule has 0 amide bonds. The van der Waals surface area contributed by atoms with E-state index in [0.717, 1.165) is 16.3 Å². The number of carboxylic acid groups (broad SMARTS) is 1. The second kappa shape index (κ2) is 4.88. The predicted molar refractivity (Wildman–Crippen MR) is 73.4 cm³/mol. The molecule has 0 fully saturated rings. The third-order valence-electron chi connectivity index (χ3n) is 3.21. The Hall–Kier alpha value is -2.10. The van der Waals surface area contributed by atoms with Crippen molar-refractivity contribution in [3.8, 4) is 5.88 Å². The fourth-order valence-corrected chi connectivity index (χ4v) is 2.05. The lowest BCUT2D eigenvalue weighted by molar-refractivity contribution is -0.146. The number of aliphatic carboxylic acids is 1. The minimum Gasteiger partial charge on any atom is -0.481 e. The van der Waals surface area contributed by atoms with E-state index in [1.165, 1.54) is 0 Å². The Morgan fingerprint density at radius 2 is 2.11 bits per heavy atom. The van der Waals surface area contributed by atoms with Crippen LogP contribution in [0.1, 0.15) is 19.4 Å². The first-order valence-corrected chi connectivity index (χ1v) is 6.09. The van der Waals surface area contributed by atoms with Gasteiger partial charge < -0.3 is 9.84 Å². The SMILES string of the molecule is COc1nccc2ccc(CC(C)(C)C(=O)O)cc12. The molecule has 1 N–H and O–H groups in total. The molecule has 4 heteroatoms. The van der Waals surface area contributed by atoms with E-state index in [1.807, 2.05) is 24.3 Å². The zero-order chi connectivity index (χ0) is 14.0. The highest BCUT2D eigenvalue weighted by Gasteiger charge is 2.27. The second-order valence-corrected chi connectivity index (χ2v) is 5.24. The molecule has 0 atom stereocenters. The van der Waals surface area contributed by atoms with Crippen molar-refractivity contribution in [1.82, 2.24) is 4.98 Å². The molecule has 0 aliphatic rings. The average Bonchev–Trinajstić information content (AvgIpc) is 2.37. The highest BCUT2D eigenvalue weighted by molar-refractivity contribution is 5.87. The average molecular weight is 259 g/mol. The molecule has 0 aliphatic heterocycles. The number of aromatic nitrogens is 1. The number of benzene rings is 1. The molecule has 0 aliphatic carbocycles. The molecule has 4 nitrogen and oxygen atoms in total. The summed E-state index contributed by atoms with van der Waals surface area (Å²) in [4.78, 5) is 15.3. The van der Waals surface area contributed by atoms with Gasteiger partial charge >= 0.3 is 5.97 Å². The van der Waals surface area contributed by atoms with Gasteiger partial charge in [-0.05, 0) is 43.4 Å². The van der Waals surface area contributed by atoms with Crippen LogP contribution in [0.4, 0.5) is 0 Å². The van der Waals surface area contributed by atoms with E-state index in [4.69, 9.17) is 4.74 Å². The minimum atomic E-state index is -0.800. The molecule has 2 aromatic rings. The number of pyridine rings is 1. The van der Waals surface area contributed by atoms with Gasteiger partial charge in [-0.25, -0.2) is 4.98 Å². The normalized spacial score (nSPS) is 11.5. The Morgan fingerprint density at radius 1 is 1.37 bits per heavy atom. The van der Waals surface area contributed by atoms with Crippen molar-refractivity contribution in [3.63, 3.8) is 0 Å². The van der Waals surface area contributed by atoms with E-state index in [2.05, 4.69) is 4.98 Å². The molecule has 0 unspecified atom stereocenters. The lowest BCUT2D eigenvalue weighted by Gasteiger charge is -2.19. The lowest BCUT2D eigenvalue weighted by Crippen LogP contribution is -2.26. The maximum atomic E-state index is 11.2. The van der Waals surface area contributed by atoms with Crippen LogP contribution in [0.5, 0.6) is 5.88 Å². The van der Waals surface area contributed by atoms with Gasteiger partial charge in [0.15, 0.2) is 0 Å². The third-order valence-corrected chi connectivity index (χ3v) is 3.21. The number of fused-ring (bicyclic) bond motifs is 1. The Morgan fingerprint density at radius 3 is 2.74 bits per heavy atom. The van der Waals surface area contributed by atoms with E-state index in [1.54, 1.807) is 27.2 Å². The van der Waals surface area contributed by atoms with E-state index in [-0.39, 0.29) is 0 Å². The Kier molecular flexibility index (Phi) is 3.42. The highest BCUT2D eigenvalue weighted by Crippen LogP contribution is 2.28. The van der Waals surface area contributed by atoms with E-state index < -0.39 is 11.4 Å². The van der Waals surface area contributed by atoms with Crippen LogP contribution in [0.3, 0.4) is 0 Å². The topological polar surface area (TPSA) is 59.4 Å². The molecule has 100 valence electrons. The number of hydrogen-bond donors (Lipinski definition) is 1. The van der Waals surface area contributed by atoms with E-state index in [0.29, 0.717) is 12.3 Å². The number of carboxylic acids is 1. The summed E-state index contributed by atoms with van der Waals surface area (Å²) < 4.78 is 5.23. The van der Waals surface area contributed by atoms with Gasteiger partial charge in [0, 0.05) is 11.6 Å². The molecule has 0 bridgehead atoms. The van der Waals surface area contributed by atoms with Crippen LogP contribution in [0.2, 0.25) is 0 Å². The maximum absolute atomic E-state index is 11.2. The first-order chi connectivity index (χ1) is 8.94. The van der Waals surface area contributed by atoms with Gasteiger partial charge in [0.05, 0.1) is 12.5 Å². The summed E-state index contributed by atoms with van der Waals surface area (Å²) in [5.74, 6) is -0.238. The summed E-state index contributed by atoms with van der Waals surface area (Å²) in [6.07, 6.45) is 2.17. The molecular weight excluding hydrogens is 242 g/mol. The first-order valence-electron chi connectivity index (χ1n) is 6.09. The minimum absolute atomic E-state index is 0.469. The van der Waals surface area contributed by atoms with Crippen LogP contribution in [-0.2, 0) is 11.2 Å². The maximum Gasteiger partial charge on any atom is 0.309 e. The molecule has 1 aromatic carbocycles. The lowest BCUT2D eigenvalue weighted by atomic mass is 9.85. The zero-order valence-corrected chi connectivity index (χ0v) is 11.3. The van der Waals surface area contributed by atoms with E-state index in [9.17, 15) is 9.90 Å². The van der Waals surface area contributed by atoms with Gasteiger partial charge in [0.25, 0.3) is 0 Å². The summed E-state index contributed by atoms with van der Waals surface area (Å²) >= 11 is 0. The van der Waals surface area contributed by atoms with Crippen LogP contribution in [0.25, 0.3) is 10.8 Å². The van der Waals surface area contributed by atoms with Crippen molar-refractivity contribution in [2.45, 2.75) is 20.3 Å². The fourth-order valence-electron chi connectivity index (χ4n) is 2.05. The van der Waals surface area contributed by atoms with Crippen LogP contribution in [0, 0.1) is 5.41 Å². The smallest absolute Gasteiger partial charge is 0.309 e. The van der Waals surface area contributed by atoms with Crippen molar-refractivity contribution >= 4 is 16.7 Å². The molecule has 0 saturated heterocycles. The van der Waals surface area contributed by atoms with Gasteiger partial charge in [-0.15, -0.1) is 0 Å². The van der Waals surface area contributed by atoms with Gasteiger partial charge in [0.1, 0.15) is 0 Å². The van der Waals surface area contributed by atoms with Crippen molar-refractivity contribution < 1.29 is 14.6 Å². The van der Waals surface area contributed by atoms with Gasteiger partial charge in [-0.2, -0.15) is 0 Å². The Bertz CT molecular complexity index is 620. The quantitative estimate of drug-likeness (QED) is 0.917. The standard InChI is InChI=1S/C15H17NO3/c1-15(2,14(17)18)9-10-4-5-11-6-7-16-13(19-3)12(11)8-10/h4-8H,9H2,1-3H3,(H,17,18). The molecular formula is C15H17NO3. The van der Waals surface area contributed by atoms with Crippen LogP contribution >= 0.6 is 0 Å². The Labute approximate surface area is 112 Å². The number of rotatable bonds is 4. The predicted octanol–water partition coefficient (Wildman–Crippen LogP) is 2.90. The van der Waals surface area contributed by atoms with E-state index >= 15 is 0 Å². The molecule has 0 spiro atoms. The molecule has 0 radical (unpaired) electrons. The Balaban J connectivity index is 2.44. The summed E-state index contributed by atoms with van der Waals surface area (Å²) in [6.45, 7) is 3.44. The summed E-state index contributed by atoms with van der Waals surface area (Å²) in [5.41, 5.74) is 0.176. The number of hydrogen-bond acceptors (Lipinski definition) is 3. The molecule has 19 heavy (non-hydrogen) atoms. The number of ether oxygens (including phenoxy) is 1. The molecule has 1 heterocycles. The van der Waals surface area contributed by atoms with Crippen molar-refractivity contribution in [2.24, 2.45) is 5.41 Å². The van der Waals surface area contributed by atoms with Gasteiger partial charge in [-0.1, -0.05) is 12.1 Å². The number of methoxy groups -OCH3 is 1. The van der Waals surface area contributed by atoms with Crippen LogP contribution in [0.15, 0.2) is 30.5 Å². The fraction of sp³-hybridized carbons (Fsp3) is 0.333. The number of nitrogens with zero attached hydrogens (tertiary/aromatic N) is 1. The zero-order valence-electron chi connectivity index (χ0n) is 11.3. The third kappa shape index (κ3) is 2.67. The number of carbonyl (C=O) groups is 1. The molecule has 0 saturated carbocycles. The molecule has 1 aromatic heterocycles. The summed E-state index contributed by atoms with van der Waals surface area (Å²) in [7, 11) is 1.58. The molecule has 2 rings (SSSR count). The largest absolute Gasteiger partial charge is 0.481 e. The van der Waals surface area contributed by atoms with Gasteiger partial charge in [0.2, 0.25) is 5.88 Å². The second-order valence-electron chi connectivity index (χ2n) is 5.24. The highest BCUT2D eigenvalue weighted by atomic mass is 16.5. The van der Waals surface area contributed by atoms with Crippen molar-refractivity contribution in [3.05, 3.63) is 36.0 Å². The van der Waals surface area contributed by atoms with Crippen molar-refractivity contribution in [1.29, 1.82) is 0 Å².